The summed E-state index contributed by atoms with van der Waals surface area (Å²) in [6, 6.07) is 11.2. The van der Waals surface area contributed by atoms with Crippen molar-refractivity contribution in [2.75, 3.05) is 17.6 Å². The highest BCUT2D eigenvalue weighted by molar-refractivity contribution is 7.22. The van der Waals surface area contributed by atoms with E-state index in [-0.39, 0.29) is 11.7 Å². The first kappa shape index (κ1) is 17.6. The quantitative estimate of drug-likeness (QED) is 0.532. The van der Waals surface area contributed by atoms with Crippen LogP contribution in [0.2, 0.25) is 0 Å². The van der Waals surface area contributed by atoms with E-state index in [4.69, 9.17) is 5.73 Å². The minimum absolute atomic E-state index is 0.0582. The highest BCUT2D eigenvalue weighted by Crippen LogP contribution is 2.31. The maximum absolute atomic E-state index is 11.0. The zero-order chi connectivity index (χ0) is 18.5. The van der Waals surface area contributed by atoms with Crippen molar-refractivity contribution in [3.8, 4) is 17.6 Å². The zero-order valence-electron chi connectivity index (χ0n) is 14.2. The number of aromatic hydroxyl groups is 1. The lowest BCUT2D eigenvalue weighted by Gasteiger charge is -2.06. The highest BCUT2D eigenvalue weighted by Gasteiger charge is 2.07. The summed E-state index contributed by atoms with van der Waals surface area (Å²) < 4.78 is 0.811. The van der Waals surface area contributed by atoms with Gasteiger partial charge in [0.25, 0.3) is 0 Å². The molecule has 0 saturated heterocycles. The smallest absolute Gasteiger partial charge is 0.217 e. The van der Waals surface area contributed by atoms with Gasteiger partial charge in [0, 0.05) is 24.7 Å². The van der Waals surface area contributed by atoms with Crippen molar-refractivity contribution >= 4 is 38.3 Å². The number of phenolic OH excluding ortho intramolecular Hbond substituents is 1. The van der Waals surface area contributed by atoms with Gasteiger partial charge in [0.15, 0.2) is 5.13 Å². The van der Waals surface area contributed by atoms with E-state index in [1.165, 1.54) is 18.3 Å². The van der Waals surface area contributed by atoms with Crippen LogP contribution in [0.25, 0.3) is 10.2 Å². The van der Waals surface area contributed by atoms with Crippen LogP contribution < -0.4 is 16.4 Å². The van der Waals surface area contributed by atoms with Crippen molar-refractivity contribution in [1.29, 1.82) is 0 Å². The Morgan fingerprint density at radius 1 is 1.35 bits per heavy atom. The molecule has 3 rings (SSSR count). The molecule has 0 radical (unpaired) electrons. The number of nitrogens with one attached hydrogen (secondary N) is 2. The number of aromatic nitrogens is 1. The molecule has 0 unspecified atom stereocenters. The Bertz CT molecular complexity index is 1020. The van der Waals surface area contributed by atoms with E-state index in [1.807, 2.05) is 30.3 Å². The van der Waals surface area contributed by atoms with Gasteiger partial charge in [-0.1, -0.05) is 35.3 Å². The number of thiazole rings is 1. The number of nitrogens with two attached hydrogens (primary N) is 1. The van der Waals surface area contributed by atoms with Crippen LogP contribution in [0.5, 0.6) is 5.75 Å². The van der Waals surface area contributed by atoms with Crippen molar-refractivity contribution in [1.82, 2.24) is 10.3 Å². The highest BCUT2D eigenvalue weighted by atomic mass is 32.1. The van der Waals surface area contributed by atoms with Gasteiger partial charge in [-0.3, -0.25) is 4.79 Å². The topological polar surface area (TPSA) is 100 Å². The summed E-state index contributed by atoms with van der Waals surface area (Å²) >= 11 is 1.32. The SMILES string of the molecule is CC(=O)NCc1cccc(NCC#Cc2cc(O)c3nc(N)sc3c2)c1. The molecule has 132 valence electrons. The van der Waals surface area contributed by atoms with Crippen LogP contribution in [0, 0.1) is 11.8 Å². The number of benzene rings is 2. The lowest BCUT2D eigenvalue weighted by molar-refractivity contribution is -0.119. The molecule has 0 saturated carbocycles. The summed E-state index contributed by atoms with van der Waals surface area (Å²) in [5, 5.41) is 16.4. The first-order valence-corrected chi connectivity index (χ1v) is 8.78. The summed E-state index contributed by atoms with van der Waals surface area (Å²) in [5.41, 5.74) is 8.82. The Kier molecular flexibility index (Phi) is 5.25. The molecule has 3 aromatic rings. The number of amides is 1. The third kappa shape index (κ3) is 4.43. The number of fused-ring (bicyclic) bond motifs is 1. The van der Waals surface area contributed by atoms with Crippen LogP contribution in [0.1, 0.15) is 18.1 Å². The molecule has 0 atom stereocenters. The van der Waals surface area contributed by atoms with Crippen molar-refractivity contribution in [2.45, 2.75) is 13.5 Å². The van der Waals surface area contributed by atoms with Gasteiger partial charge in [-0.15, -0.1) is 0 Å². The number of nitrogens with zero attached hydrogens (tertiary/aromatic N) is 1. The van der Waals surface area contributed by atoms with E-state index in [0.29, 0.717) is 29.3 Å². The van der Waals surface area contributed by atoms with E-state index in [0.717, 1.165) is 16.0 Å². The molecule has 7 heteroatoms. The van der Waals surface area contributed by atoms with Gasteiger partial charge in [0.2, 0.25) is 5.91 Å². The molecule has 0 aliphatic rings. The van der Waals surface area contributed by atoms with Gasteiger partial charge in [0.1, 0.15) is 11.3 Å². The first-order valence-electron chi connectivity index (χ1n) is 7.96. The van der Waals surface area contributed by atoms with Crippen LogP contribution in [0.15, 0.2) is 36.4 Å². The second kappa shape index (κ2) is 7.76. The monoisotopic (exact) mass is 366 g/mol. The standard InChI is InChI=1S/C19H18N4O2S/c1-12(24)22-11-14-4-2-6-15(8-14)21-7-3-5-13-9-16(25)18-17(10-13)26-19(20)23-18/h2,4,6,8-10,21,25H,7,11H2,1H3,(H2,20,23)(H,22,24). The molecule has 0 aliphatic heterocycles. The minimum atomic E-state index is -0.0582. The molecular weight excluding hydrogens is 348 g/mol. The van der Waals surface area contributed by atoms with Gasteiger partial charge in [-0.2, -0.15) is 0 Å². The zero-order valence-corrected chi connectivity index (χ0v) is 15.0. The largest absolute Gasteiger partial charge is 0.506 e. The number of rotatable bonds is 4. The van der Waals surface area contributed by atoms with E-state index in [1.54, 1.807) is 6.07 Å². The Balaban J connectivity index is 1.64. The van der Waals surface area contributed by atoms with Gasteiger partial charge < -0.3 is 21.5 Å². The lowest BCUT2D eigenvalue weighted by atomic mass is 10.2. The van der Waals surface area contributed by atoms with Crippen molar-refractivity contribution in [3.05, 3.63) is 47.5 Å². The number of carbonyl (C=O) groups excluding carboxylic acids is 1. The summed E-state index contributed by atoms with van der Waals surface area (Å²) in [6.07, 6.45) is 0. The number of hydrogen-bond acceptors (Lipinski definition) is 6. The fraction of sp³-hybridized carbons (Fsp3) is 0.158. The van der Waals surface area contributed by atoms with Gasteiger partial charge in [-0.25, -0.2) is 4.98 Å². The minimum Gasteiger partial charge on any atom is -0.506 e. The van der Waals surface area contributed by atoms with E-state index < -0.39 is 0 Å². The normalized spacial score (nSPS) is 10.2. The maximum atomic E-state index is 11.0. The molecule has 1 aromatic heterocycles. The predicted octanol–water partition coefficient (Wildman–Crippen LogP) is 2.68. The van der Waals surface area contributed by atoms with E-state index in [9.17, 15) is 9.90 Å². The average Bonchev–Trinajstić information content (AvgIpc) is 2.98. The average molecular weight is 366 g/mol. The Hall–Kier alpha value is -3.24. The lowest BCUT2D eigenvalue weighted by Crippen LogP contribution is -2.18. The van der Waals surface area contributed by atoms with Crippen molar-refractivity contribution in [3.63, 3.8) is 0 Å². The van der Waals surface area contributed by atoms with Gasteiger partial charge >= 0.3 is 0 Å². The molecule has 6 nitrogen and oxygen atoms in total. The van der Waals surface area contributed by atoms with Crippen LogP contribution >= 0.6 is 11.3 Å². The van der Waals surface area contributed by atoms with Gasteiger partial charge in [0.05, 0.1) is 11.2 Å². The summed E-state index contributed by atoms with van der Waals surface area (Å²) in [7, 11) is 0. The maximum Gasteiger partial charge on any atom is 0.217 e. The Labute approximate surface area is 155 Å². The number of phenols is 1. The van der Waals surface area contributed by atoms with E-state index >= 15 is 0 Å². The molecule has 1 amide bonds. The molecule has 0 fully saturated rings. The van der Waals surface area contributed by atoms with Crippen LogP contribution in [-0.4, -0.2) is 22.5 Å². The third-order valence-corrected chi connectivity index (χ3v) is 4.40. The fourth-order valence-corrected chi connectivity index (χ4v) is 3.21. The molecule has 0 spiro atoms. The summed E-state index contributed by atoms with van der Waals surface area (Å²) in [6.45, 7) is 2.44. The molecular formula is C19H18N4O2S. The Morgan fingerprint density at radius 2 is 2.19 bits per heavy atom. The van der Waals surface area contributed by atoms with Crippen molar-refractivity contribution < 1.29 is 9.90 Å². The first-order chi connectivity index (χ1) is 12.5. The number of hydrogen-bond donors (Lipinski definition) is 4. The fourth-order valence-electron chi connectivity index (χ4n) is 2.41. The molecule has 0 bridgehead atoms. The second-order valence-electron chi connectivity index (χ2n) is 5.66. The molecule has 5 N–H and O–H groups in total. The van der Waals surface area contributed by atoms with Crippen molar-refractivity contribution in [2.24, 2.45) is 0 Å². The Morgan fingerprint density at radius 3 is 3.00 bits per heavy atom. The van der Waals surface area contributed by atoms with E-state index in [2.05, 4.69) is 27.5 Å². The van der Waals surface area contributed by atoms with Crippen LogP contribution in [0.3, 0.4) is 0 Å². The third-order valence-electron chi connectivity index (χ3n) is 3.57. The molecule has 2 aromatic carbocycles. The van der Waals surface area contributed by atoms with Crippen LogP contribution in [-0.2, 0) is 11.3 Å². The number of anilines is 2. The summed E-state index contributed by atoms with van der Waals surface area (Å²) in [4.78, 5) is 15.1. The van der Waals surface area contributed by atoms with Crippen LogP contribution in [0.4, 0.5) is 10.8 Å². The molecule has 26 heavy (non-hydrogen) atoms. The second-order valence-corrected chi connectivity index (χ2v) is 6.72. The molecule has 1 heterocycles. The summed E-state index contributed by atoms with van der Waals surface area (Å²) in [5.74, 6) is 6.07. The molecule has 0 aliphatic carbocycles. The number of nitrogen functional groups attached to an aromatic ring is 1. The predicted molar refractivity (Wildman–Crippen MR) is 105 cm³/mol. The van der Waals surface area contributed by atoms with Gasteiger partial charge in [-0.05, 0) is 29.8 Å². The number of carbonyl (C=O) groups is 1.